The lowest BCUT2D eigenvalue weighted by molar-refractivity contribution is -0.139. The van der Waals surface area contributed by atoms with Gasteiger partial charge in [0.15, 0.2) is 0 Å². The minimum Gasteiger partial charge on any atom is -0.350 e. The summed E-state index contributed by atoms with van der Waals surface area (Å²) in [6.07, 6.45) is 0. The number of nitrogens with one attached hydrogen (secondary N) is 1. The molecular formula is C22H26Cl2N2O2S. The number of amides is 2. The lowest BCUT2D eigenvalue weighted by Crippen LogP contribution is -2.52. The van der Waals surface area contributed by atoms with Gasteiger partial charge in [-0.1, -0.05) is 47.5 Å². The van der Waals surface area contributed by atoms with Crippen molar-refractivity contribution >= 4 is 46.8 Å². The topological polar surface area (TPSA) is 49.4 Å². The number of carbonyl (C=O) groups excluding carboxylic acids is 2. The van der Waals surface area contributed by atoms with Gasteiger partial charge in [0.2, 0.25) is 11.8 Å². The molecule has 4 nitrogen and oxygen atoms in total. The summed E-state index contributed by atoms with van der Waals surface area (Å²) in [5, 5.41) is 3.82. The van der Waals surface area contributed by atoms with E-state index < -0.39 is 6.04 Å². The van der Waals surface area contributed by atoms with Gasteiger partial charge in [-0.15, -0.1) is 11.8 Å². The van der Waals surface area contributed by atoms with Crippen LogP contribution in [0.4, 0.5) is 0 Å². The summed E-state index contributed by atoms with van der Waals surface area (Å²) in [7, 11) is 0. The van der Waals surface area contributed by atoms with Crippen LogP contribution in [0.15, 0.2) is 53.4 Å². The van der Waals surface area contributed by atoms with Gasteiger partial charge in [-0.05, 0) is 57.5 Å². The Kier molecular flexibility index (Phi) is 8.44. The Morgan fingerprint density at radius 2 is 1.72 bits per heavy atom. The van der Waals surface area contributed by atoms with Gasteiger partial charge in [0.25, 0.3) is 0 Å². The van der Waals surface area contributed by atoms with Crippen LogP contribution in [0.1, 0.15) is 33.3 Å². The third-order valence-electron chi connectivity index (χ3n) is 4.11. The van der Waals surface area contributed by atoms with E-state index in [1.807, 2.05) is 57.2 Å². The Bertz CT molecular complexity index is 854. The second-order valence-corrected chi connectivity index (χ2v) is 9.65. The summed E-state index contributed by atoms with van der Waals surface area (Å²) in [5.74, 6) is -0.0875. The highest BCUT2D eigenvalue weighted by atomic mass is 35.5. The van der Waals surface area contributed by atoms with Crippen molar-refractivity contribution in [1.82, 2.24) is 10.2 Å². The monoisotopic (exact) mass is 452 g/mol. The first-order chi connectivity index (χ1) is 13.6. The van der Waals surface area contributed by atoms with Crippen LogP contribution in [0.5, 0.6) is 0 Å². The maximum absolute atomic E-state index is 13.1. The molecule has 2 amide bonds. The lowest BCUT2D eigenvalue weighted by atomic mass is 10.1. The molecule has 1 N–H and O–H groups in total. The predicted octanol–water partition coefficient (Wildman–Crippen LogP) is 5.42. The van der Waals surface area contributed by atoms with Gasteiger partial charge in [-0.3, -0.25) is 9.59 Å². The average Bonchev–Trinajstić information content (AvgIpc) is 2.66. The number of rotatable bonds is 7. The van der Waals surface area contributed by atoms with Crippen LogP contribution in [0.2, 0.25) is 10.0 Å². The van der Waals surface area contributed by atoms with Crippen LogP contribution >= 0.6 is 35.0 Å². The van der Waals surface area contributed by atoms with E-state index in [1.165, 1.54) is 11.8 Å². The van der Waals surface area contributed by atoms with E-state index in [-0.39, 0.29) is 29.7 Å². The van der Waals surface area contributed by atoms with Crippen LogP contribution in [0.25, 0.3) is 0 Å². The molecule has 2 rings (SSSR count). The molecule has 156 valence electrons. The first-order valence-electron chi connectivity index (χ1n) is 9.30. The maximum Gasteiger partial charge on any atom is 0.242 e. The summed E-state index contributed by atoms with van der Waals surface area (Å²) in [4.78, 5) is 28.4. The smallest absolute Gasteiger partial charge is 0.242 e. The summed E-state index contributed by atoms with van der Waals surface area (Å²) >= 11 is 13.6. The van der Waals surface area contributed by atoms with Crippen molar-refractivity contribution in [3.05, 3.63) is 64.1 Å². The van der Waals surface area contributed by atoms with E-state index in [2.05, 4.69) is 5.32 Å². The Hall–Kier alpha value is -1.69. The summed E-state index contributed by atoms with van der Waals surface area (Å²) in [5.41, 5.74) is 0.426. The predicted molar refractivity (Wildman–Crippen MR) is 122 cm³/mol. The summed E-state index contributed by atoms with van der Waals surface area (Å²) in [6, 6.07) is 14.3. The van der Waals surface area contributed by atoms with Crippen LogP contribution in [-0.4, -0.2) is 34.0 Å². The van der Waals surface area contributed by atoms with Crippen molar-refractivity contribution in [3.8, 4) is 0 Å². The number of hydrogen-bond acceptors (Lipinski definition) is 3. The lowest BCUT2D eigenvalue weighted by Gasteiger charge is -2.31. The zero-order chi connectivity index (χ0) is 21.6. The zero-order valence-electron chi connectivity index (χ0n) is 17.0. The molecule has 0 aromatic heterocycles. The molecule has 29 heavy (non-hydrogen) atoms. The average molecular weight is 453 g/mol. The zero-order valence-corrected chi connectivity index (χ0v) is 19.4. The van der Waals surface area contributed by atoms with E-state index in [1.54, 1.807) is 24.0 Å². The number of carbonyl (C=O) groups is 2. The largest absolute Gasteiger partial charge is 0.350 e. The molecule has 7 heteroatoms. The minimum atomic E-state index is -0.632. The van der Waals surface area contributed by atoms with Gasteiger partial charge in [-0.25, -0.2) is 0 Å². The van der Waals surface area contributed by atoms with E-state index in [4.69, 9.17) is 23.2 Å². The molecule has 0 heterocycles. The number of nitrogens with zero attached hydrogens (tertiary/aromatic N) is 1. The minimum absolute atomic E-state index is 0.124. The number of halogens is 2. The second-order valence-electron chi connectivity index (χ2n) is 7.79. The molecule has 0 saturated heterocycles. The van der Waals surface area contributed by atoms with Crippen molar-refractivity contribution in [2.45, 2.75) is 50.7 Å². The molecule has 0 aliphatic rings. The fourth-order valence-electron chi connectivity index (χ4n) is 2.64. The van der Waals surface area contributed by atoms with Crippen LogP contribution in [0.3, 0.4) is 0 Å². The molecular weight excluding hydrogens is 427 g/mol. The standard InChI is InChI=1S/C22H26Cl2N2O2S/c1-15(21(28)25-22(2,3)4)26(13-16-10-11-18(23)19(24)12-16)20(27)14-29-17-8-6-5-7-9-17/h5-12,15H,13-14H2,1-4H3,(H,25,28). The van der Waals surface area contributed by atoms with E-state index in [0.717, 1.165) is 10.5 Å². The molecule has 0 fully saturated rings. The highest BCUT2D eigenvalue weighted by Crippen LogP contribution is 2.24. The van der Waals surface area contributed by atoms with Crippen molar-refractivity contribution < 1.29 is 9.59 Å². The fourth-order valence-corrected chi connectivity index (χ4v) is 3.76. The van der Waals surface area contributed by atoms with Gasteiger partial charge in [0.1, 0.15) is 6.04 Å². The third-order valence-corrected chi connectivity index (χ3v) is 5.84. The Labute approximate surface area is 187 Å². The van der Waals surface area contributed by atoms with Crippen molar-refractivity contribution in [2.75, 3.05) is 5.75 Å². The first kappa shape index (κ1) is 23.6. The molecule has 0 radical (unpaired) electrons. The third kappa shape index (κ3) is 7.57. The van der Waals surface area contributed by atoms with Crippen LogP contribution < -0.4 is 5.32 Å². The molecule has 1 unspecified atom stereocenters. The number of hydrogen-bond donors (Lipinski definition) is 1. The van der Waals surface area contributed by atoms with Gasteiger partial charge in [0, 0.05) is 17.0 Å². The Morgan fingerprint density at radius 1 is 1.07 bits per heavy atom. The maximum atomic E-state index is 13.1. The number of thioether (sulfide) groups is 1. The Balaban J connectivity index is 2.19. The Morgan fingerprint density at radius 3 is 2.31 bits per heavy atom. The fraction of sp³-hybridized carbons (Fsp3) is 0.364. The van der Waals surface area contributed by atoms with Gasteiger partial charge in [0.05, 0.1) is 15.8 Å². The van der Waals surface area contributed by atoms with E-state index in [0.29, 0.717) is 10.0 Å². The highest BCUT2D eigenvalue weighted by molar-refractivity contribution is 8.00. The highest BCUT2D eigenvalue weighted by Gasteiger charge is 2.28. The molecule has 2 aromatic rings. The molecule has 0 saturated carbocycles. The van der Waals surface area contributed by atoms with Crippen molar-refractivity contribution in [1.29, 1.82) is 0 Å². The SMILES string of the molecule is CC(C(=O)NC(C)(C)C)N(Cc1ccc(Cl)c(Cl)c1)C(=O)CSc1ccccc1. The van der Waals surface area contributed by atoms with E-state index in [9.17, 15) is 9.59 Å². The molecule has 0 spiro atoms. The normalized spacial score (nSPS) is 12.3. The molecule has 1 atom stereocenters. The van der Waals surface area contributed by atoms with Crippen molar-refractivity contribution in [3.63, 3.8) is 0 Å². The first-order valence-corrected chi connectivity index (χ1v) is 11.0. The quantitative estimate of drug-likeness (QED) is 0.570. The summed E-state index contributed by atoms with van der Waals surface area (Å²) < 4.78 is 0. The van der Waals surface area contributed by atoms with Gasteiger partial charge >= 0.3 is 0 Å². The second kappa shape index (κ2) is 10.4. The summed E-state index contributed by atoms with van der Waals surface area (Å²) in [6.45, 7) is 7.74. The van der Waals surface area contributed by atoms with E-state index >= 15 is 0 Å². The molecule has 0 aliphatic carbocycles. The molecule has 0 bridgehead atoms. The van der Waals surface area contributed by atoms with Crippen molar-refractivity contribution in [2.24, 2.45) is 0 Å². The van der Waals surface area contributed by atoms with Gasteiger partial charge < -0.3 is 10.2 Å². The number of benzene rings is 2. The van der Waals surface area contributed by atoms with Crippen LogP contribution in [0, 0.1) is 0 Å². The molecule has 0 aliphatic heterocycles. The van der Waals surface area contributed by atoms with Crippen LogP contribution in [-0.2, 0) is 16.1 Å². The van der Waals surface area contributed by atoms with Gasteiger partial charge in [-0.2, -0.15) is 0 Å². The molecule has 2 aromatic carbocycles.